The predicted molar refractivity (Wildman–Crippen MR) is 112 cm³/mol. The zero-order valence-electron chi connectivity index (χ0n) is 15.7. The van der Waals surface area contributed by atoms with Crippen molar-refractivity contribution in [2.24, 2.45) is 7.05 Å². The van der Waals surface area contributed by atoms with Crippen LogP contribution in [-0.4, -0.2) is 21.1 Å². The zero-order chi connectivity index (χ0) is 19.7. The molecule has 0 aliphatic heterocycles. The summed E-state index contributed by atoms with van der Waals surface area (Å²) in [6, 6.07) is 5.64. The van der Waals surface area contributed by atoms with Crippen LogP contribution >= 0.6 is 23.1 Å². The topological polar surface area (TPSA) is 52.0 Å². The van der Waals surface area contributed by atoms with Gasteiger partial charge < -0.3 is 0 Å². The van der Waals surface area contributed by atoms with E-state index in [1.165, 1.54) is 52.9 Å². The fourth-order valence-electron chi connectivity index (χ4n) is 3.57. The SMILES string of the molecule is Cn1c(SCCCC(=O)c2ccc(F)cc2)nc2sc3c(c2c1=O)CCCC3. The van der Waals surface area contributed by atoms with Gasteiger partial charge in [0.05, 0.1) is 5.39 Å². The van der Waals surface area contributed by atoms with Crippen LogP contribution < -0.4 is 5.56 Å². The molecular formula is C21H21FN2O2S2. The number of nitrogens with zero attached hydrogens (tertiary/aromatic N) is 2. The Bertz CT molecular complexity index is 1090. The molecule has 0 atom stereocenters. The summed E-state index contributed by atoms with van der Waals surface area (Å²) in [5.41, 5.74) is 1.78. The average Bonchev–Trinajstić information content (AvgIpc) is 3.07. The number of aromatic nitrogens is 2. The molecule has 28 heavy (non-hydrogen) atoms. The van der Waals surface area contributed by atoms with E-state index in [-0.39, 0.29) is 17.2 Å². The fourth-order valence-corrected chi connectivity index (χ4v) is 5.79. The number of carbonyl (C=O) groups is 1. The van der Waals surface area contributed by atoms with Crippen LogP contribution in [0.1, 0.15) is 46.5 Å². The van der Waals surface area contributed by atoms with Crippen molar-refractivity contribution in [1.29, 1.82) is 0 Å². The van der Waals surface area contributed by atoms with Crippen LogP contribution in [0.2, 0.25) is 0 Å². The Kier molecular flexibility index (Phi) is 5.64. The van der Waals surface area contributed by atoms with Crippen LogP contribution in [0.3, 0.4) is 0 Å². The molecule has 0 N–H and O–H groups in total. The van der Waals surface area contributed by atoms with E-state index in [2.05, 4.69) is 0 Å². The largest absolute Gasteiger partial charge is 0.294 e. The molecule has 0 amide bonds. The molecule has 2 heterocycles. The maximum atomic E-state index is 13.0. The summed E-state index contributed by atoms with van der Waals surface area (Å²) in [5.74, 6) is 0.359. The first-order valence-corrected chi connectivity index (χ1v) is 11.3. The lowest BCUT2D eigenvalue weighted by atomic mass is 9.97. The summed E-state index contributed by atoms with van der Waals surface area (Å²) < 4.78 is 14.6. The van der Waals surface area contributed by atoms with E-state index in [4.69, 9.17) is 4.98 Å². The molecule has 4 rings (SSSR count). The molecule has 3 aromatic rings. The molecule has 7 heteroatoms. The molecule has 0 fully saturated rings. The van der Waals surface area contributed by atoms with Crippen LogP contribution in [0.4, 0.5) is 4.39 Å². The highest BCUT2D eigenvalue weighted by Crippen LogP contribution is 2.34. The third-order valence-electron chi connectivity index (χ3n) is 5.10. The molecule has 1 aliphatic carbocycles. The van der Waals surface area contributed by atoms with Gasteiger partial charge in [-0.25, -0.2) is 9.37 Å². The van der Waals surface area contributed by atoms with Crippen molar-refractivity contribution in [3.8, 4) is 0 Å². The van der Waals surface area contributed by atoms with Gasteiger partial charge in [-0.05, 0) is 61.9 Å². The first kappa shape index (κ1) is 19.3. The van der Waals surface area contributed by atoms with Gasteiger partial charge >= 0.3 is 0 Å². The summed E-state index contributed by atoms with van der Waals surface area (Å²) in [5, 5.41) is 1.50. The number of aryl methyl sites for hydroxylation is 2. The van der Waals surface area contributed by atoms with Gasteiger partial charge in [-0.3, -0.25) is 14.2 Å². The van der Waals surface area contributed by atoms with Gasteiger partial charge in [-0.15, -0.1) is 11.3 Å². The van der Waals surface area contributed by atoms with Crippen molar-refractivity contribution in [2.45, 2.75) is 43.7 Å². The molecule has 0 bridgehead atoms. The quantitative estimate of drug-likeness (QED) is 0.251. The molecule has 4 nitrogen and oxygen atoms in total. The summed E-state index contributed by atoms with van der Waals surface area (Å²) in [6.07, 6.45) is 5.42. The first-order valence-electron chi connectivity index (χ1n) is 9.47. The molecule has 0 saturated carbocycles. The van der Waals surface area contributed by atoms with E-state index in [9.17, 15) is 14.0 Å². The number of Topliss-reactive ketones (excluding diaryl/α,β-unsaturated/α-hetero) is 1. The fraction of sp³-hybridized carbons (Fsp3) is 0.381. The van der Waals surface area contributed by atoms with Gasteiger partial charge in [-0.1, -0.05) is 11.8 Å². The van der Waals surface area contributed by atoms with Crippen molar-refractivity contribution in [1.82, 2.24) is 9.55 Å². The van der Waals surface area contributed by atoms with Crippen LogP contribution in [0.15, 0.2) is 34.2 Å². The maximum Gasteiger partial charge on any atom is 0.262 e. The molecule has 146 valence electrons. The van der Waals surface area contributed by atoms with E-state index >= 15 is 0 Å². The lowest BCUT2D eigenvalue weighted by Gasteiger charge is -2.10. The standard InChI is InChI=1S/C21H21FN2O2S2/c1-24-20(26)18-15-5-2-3-7-17(15)28-19(18)23-21(24)27-12-4-6-16(25)13-8-10-14(22)11-9-13/h8-11H,2-7,12H2,1H3. The summed E-state index contributed by atoms with van der Waals surface area (Å²) in [7, 11) is 1.77. The number of fused-ring (bicyclic) bond motifs is 3. The second-order valence-corrected chi connectivity index (χ2v) is 9.18. The Morgan fingerprint density at radius 1 is 1.25 bits per heavy atom. The van der Waals surface area contributed by atoms with E-state index in [1.807, 2.05) is 0 Å². The maximum absolute atomic E-state index is 13.0. The van der Waals surface area contributed by atoms with Gasteiger partial charge in [0.2, 0.25) is 0 Å². The van der Waals surface area contributed by atoms with Crippen molar-refractivity contribution in [3.05, 3.63) is 56.4 Å². The lowest BCUT2D eigenvalue weighted by molar-refractivity contribution is 0.0982. The normalized spacial score (nSPS) is 13.6. The molecule has 0 unspecified atom stereocenters. The number of hydrogen-bond acceptors (Lipinski definition) is 5. The number of thioether (sulfide) groups is 1. The van der Waals surface area contributed by atoms with Crippen LogP contribution in [0, 0.1) is 5.82 Å². The number of benzene rings is 1. The van der Waals surface area contributed by atoms with Crippen LogP contribution in [0.25, 0.3) is 10.2 Å². The van der Waals surface area contributed by atoms with Crippen LogP contribution in [0.5, 0.6) is 0 Å². The number of rotatable bonds is 6. The van der Waals surface area contributed by atoms with E-state index in [1.54, 1.807) is 23.0 Å². The number of hydrogen-bond donors (Lipinski definition) is 0. The average molecular weight is 417 g/mol. The minimum Gasteiger partial charge on any atom is -0.294 e. The third-order valence-corrected chi connectivity index (χ3v) is 7.40. The molecular weight excluding hydrogens is 395 g/mol. The second kappa shape index (κ2) is 8.17. The Morgan fingerprint density at radius 2 is 2.00 bits per heavy atom. The highest BCUT2D eigenvalue weighted by Gasteiger charge is 2.21. The Balaban J connectivity index is 1.43. The smallest absolute Gasteiger partial charge is 0.262 e. The second-order valence-electron chi connectivity index (χ2n) is 7.03. The van der Waals surface area contributed by atoms with E-state index < -0.39 is 0 Å². The summed E-state index contributed by atoms with van der Waals surface area (Å²) in [4.78, 5) is 31.9. The number of halogens is 1. The monoisotopic (exact) mass is 416 g/mol. The Morgan fingerprint density at radius 3 is 2.79 bits per heavy atom. The van der Waals surface area contributed by atoms with Crippen molar-refractivity contribution in [3.63, 3.8) is 0 Å². The molecule has 1 aliphatic rings. The Labute approximate surface area is 170 Å². The molecule has 2 aromatic heterocycles. The van der Waals surface area contributed by atoms with Crippen molar-refractivity contribution in [2.75, 3.05) is 5.75 Å². The van der Waals surface area contributed by atoms with Gasteiger partial charge in [-0.2, -0.15) is 0 Å². The van der Waals surface area contributed by atoms with Gasteiger partial charge in [0.15, 0.2) is 10.9 Å². The van der Waals surface area contributed by atoms with Crippen LogP contribution in [-0.2, 0) is 19.9 Å². The zero-order valence-corrected chi connectivity index (χ0v) is 17.3. The number of thiophene rings is 1. The molecule has 0 radical (unpaired) electrons. The summed E-state index contributed by atoms with van der Waals surface area (Å²) in [6.45, 7) is 0. The Hall–Kier alpha value is -1.99. The first-order chi connectivity index (χ1) is 13.5. The van der Waals surface area contributed by atoms with E-state index in [0.29, 0.717) is 29.3 Å². The van der Waals surface area contributed by atoms with Gasteiger partial charge in [0.25, 0.3) is 5.56 Å². The minimum absolute atomic E-state index is 0.00355. The highest BCUT2D eigenvalue weighted by atomic mass is 32.2. The van der Waals surface area contributed by atoms with Crippen molar-refractivity contribution >= 4 is 39.1 Å². The molecule has 0 saturated heterocycles. The predicted octanol–water partition coefficient (Wildman–Crippen LogP) is 4.77. The number of carbonyl (C=O) groups excluding carboxylic acids is 1. The van der Waals surface area contributed by atoms with E-state index in [0.717, 1.165) is 29.5 Å². The molecule has 1 aromatic carbocycles. The van der Waals surface area contributed by atoms with Crippen molar-refractivity contribution < 1.29 is 9.18 Å². The lowest BCUT2D eigenvalue weighted by Crippen LogP contribution is -2.20. The summed E-state index contributed by atoms with van der Waals surface area (Å²) >= 11 is 3.16. The van der Waals surface area contributed by atoms with Gasteiger partial charge in [0.1, 0.15) is 10.6 Å². The molecule has 0 spiro atoms. The van der Waals surface area contributed by atoms with Gasteiger partial charge in [0, 0.05) is 29.7 Å². The third kappa shape index (κ3) is 3.78. The highest BCUT2D eigenvalue weighted by molar-refractivity contribution is 7.99. The number of ketones is 1. The minimum atomic E-state index is -0.343.